The van der Waals surface area contributed by atoms with Crippen molar-refractivity contribution in [3.05, 3.63) is 52.5 Å². The molecule has 2 aliphatic heterocycles. The van der Waals surface area contributed by atoms with Gasteiger partial charge in [-0.15, -0.1) is 0 Å². The highest BCUT2D eigenvalue weighted by molar-refractivity contribution is 9.10. The van der Waals surface area contributed by atoms with Crippen LogP contribution in [0.4, 0.5) is 5.69 Å². The molecule has 0 aromatic heterocycles. The molecule has 2 aliphatic rings. The molecule has 0 bridgehead atoms. The molecule has 2 aromatic rings. The number of anilines is 1. The number of nitrogens with one attached hydrogen (secondary N) is 1. The summed E-state index contributed by atoms with van der Waals surface area (Å²) in [7, 11) is -3.76. The van der Waals surface area contributed by atoms with Crippen LogP contribution in [-0.2, 0) is 14.8 Å². The Morgan fingerprint density at radius 2 is 1.77 bits per heavy atom. The minimum atomic E-state index is -3.76. The number of hydrogen-bond donors (Lipinski definition) is 1. The summed E-state index contributed by atoms with van der Waals surface area (Å²) in [5.74, 6) is -0.00890. The Balaban J connectivity index is 1.46. The normalized spacial score (nSPS) is 19.6. The molecule has 1 N–H and O–H groups in total. The number of halogens is 1. The summed E-state index contributed by atoms with van der Waals surface area (Å²) in [5.41, 5.74) is 0.900. The van der Waals surface area contributed by atoms with E-state index in [1.54, 1.807) is 42.2 Å². The van der Waals surface area contributed by atoms with Gasteiger partial charge in [-0.3, -0.25) is 9.59 Å². The highest BCUT2D eigenvalue weighted by atomic mass is 79.9. The Hall–Kier alpha value is -2.43. The van der Waals surface area contributed by atoms with Gasteiger partial charge >= 0.3 is 0 Å². The lowest BCUT2D eigenvalue weighted by atomic mass is 10.2. The molecule has 0 radical (unpaired) electrons. The molecule has 30 heavy (non-hydrogen) atoms. The molecule has 2 amide bonds. The van der Waals surface area contributed by atoms with Crippen molar-refractivity contribution in [3.8, 4) is 5.75 Å². The van der Waals surface area contributed by atoms with Gasteiger partial charge < -0.3 is 15.0 Å². The van der Waals surface area contributed by atoms with E-state index in [1.807, 2.05) is 0 Å². The van der Waals surface area contributed by atoms with Gasteiger partial charge in [-0.25, -0.2) is 8.42 Å². The first-order valence-corrected chi connectivity index (χ1v) is 11.7. The molecular weight excluding hydrogens is 474 g/mol. The SMILES string of the molecule is C[C@@H]1Oc2ccc(S(=O)(=O)N3CCN(C(=O)c4ccc(Br)cc4)CC3)cc2NC1=O. The molecule has 0 saturated carbocycles. The summed E-state index contributed by atoms with van der Waals surface area (Å²) < 4.78 is 33.9. The zero-order chi connectivity index (χ0) is 21.5. The maximum absolute atomic E-state index is 13.1. The number of rotatable bonds is 3. The van der Waals surface area contributed by atoms with Crippen molar-refractivity contribution in [2.24, 2.45) is 0 Å². The zero-order valence-corrected chi connectivity index (χ0v) is 18.6. The quantitative estimate of drug-likeness (QED) is 0.707. The maximum Gasteiger partial charge on any atom is 0.265 e. The van der Waals surface area contributed by atoms with E-state index >= 15 is 0 Å². The number of amides is 2. The second kappa shape index (κ2) is 8.01. The molecule has 4 rings (SSSR count). The molecule has 1 saturated heterocycles. The Kier molecular flexibility index (Phi) is 5.56. The lowest BCUT2D eigenvalue weighted by Crippen LogP contribution is -2.50. The summed E-state index contributed by atoms with van der Waals surface area (Å²) in [4.78, 5) is 26.2. The van der Waals surface area contributed by atoms with Crippen LogP contribution in [0.5, 0.6) is 5.75 Å². The molecule has 1 fully saturated rings. The lowest BCUT2D eigenvalue weighted by Gasteiger charge is -2.34. The van der Waals surface area contributed by atoms with E-state index in [0.717, 1.165) is 4.47 Å². The van der Waals surface area contributed by atoms with Gasteiger partial charge in [-0.05, 0) is 49.4 Å². The maximum atomic E-state index is 13.1. The van der Waals surface area contributed by atoms with E-state index in [1.165, 1.54) is 16.4 Å². The van der Waals surface area contributed by atoms with E-state index in [0.29, 0.717) is 30.1 Å². The molecule has 0 unspecified atom stereocenters. The van der Waals surface area contributed by atoms with Crippen molar-refractivity contribution < 1.29 is 22.7 Å². The fourth-order valence-electron chi connectivity index (χ4n) is 3.40. The number of sulfonamides is 1. The smallest absolute Gasteiger partial charge is 0.265 e. The predicted molar refractivity (Wildman–Crippen MR) is 114 cm³/mol. The third-order valence-electron chi connectivity index (χ3n) is 5.14. The number of carbonyl (C=O) groups is 2. The Bertz CT molecular complexity index is 1100. The van der Waals surface area contributed by atoms with Crippen LogP contribution in [-0.4, -0.2) is 61.7 Å². The van der Waals surface area contributed by atoms with Crippen LogP contribution < -0.4 is 10.1 Å². The minimum absolute atomic E-state index is 0.0763. The number of hydrogen-bond acceptors (Lipinski definition) is 5. The predicted octanol–water partition coefficient (Wildman–Crippen LogP) is 2.32. The number of nitrogens with zero attached hydrogens (tertiary/aromatic N) is 2. The van der Waals surface area contributed by atoms with E-state index in [9.17, 15) is 18.0 Å². The van der Waals surface area contributed by atoms with Crippen LogP contribution >= 0.6 is 15.9 Å². The Labute approximate surface area is 183 Å². The Morgan fingerprint density at radius 1 is 1.10 bits per heavy atom. The van der Waals surface area contributed by atoms with Crippen LogP contribution in [0.2, 0.25) is 0 Å². The monoisotopic (exact) mass is 493 g/mol. The van der Waals surface area contributed by atoms with Crippen molar-refractivity contribution in [3.63, 3.8) is 0 Å². The van der Waals surface area contributed by atoms with Gasteiger partial charge in [0.05, 0.1) is 10.6 Å². The van der Waals surface area contributed by atoms with Crippen molar-refractivity contribution >= 4 is 43.5 Å². The van der Waals surface area contributed by atoms with Crippen molar-refractivity contribution in [1.82, 2.24) is 9.21 Å². The molecule has 8 nitrogen and oxygen atoms in total. The summed E-state index contributed by atoms with van der Waals surface area (Å²) in [5, 5.41) is 2.67. The summed E-state index contributed by atoms with van der Waals surface area (Å²) in [6.07, 6.45) is -0.628. The number of piperazine rings is 1. The first-order chi connectivity index (χ1) is 14.3. The van der Waals surface area contributed by atoms with Crippen LogP contribution in [0.25, 0.3) is 0 Å². The highest BCUT2D eigenvalue weighted by Crippen LogP contribution is 2.33. The van der Waals surface area contributed by atoms with Crippen LogP contribution in [0.15, 0.2) is 51.8 Å². The molecular formula is C20H20BrN3O5S. The van der Waals surface area contributed by atoms with Crippen molar-refractivity contribution in [2.45, 2.75) is 17.9 Å². The molecule has 10 heteroatoms. The van der Waals surface area contributed by atoms with Gasteiger partial charge in [0, 0.05) is 36.2 Å². The zero-order valence-electron chi connectivity index (χ0n) is 16.2. The summed E-state index contributed by atoms with van der Waals surface area (Å²) in [6.45, 7) is 2.62. The van der Waals surface area contributed by atoms with Crippen LogP contribution in [0, 0.1) is 0 Å². The fourth-order valence-corrected chi connectivity index (χ4v) is 5.12. The number of benzene rings is 2. The first kappa shape index (κ1) is 20.8. The van der Waals surface area contributed by atoms with E-state index in [-0.39, 0.29) is 29.8 Å². The average Bonchev–Trinajstić information content (AvgIpc) is 2.74. The topological polar surface area (TPSA) is 96.0 Å². The van der Waals surface area contributed by atoms with Gasteiger partial charge in [0.2, 0.25) is 10.0 Å². The van der Waals surface area contributed by atoms with Gasteiger partial charge in [0.25, 0.3) is 11.8 Å². The van der Waals surface area contributed by atoms with Gasteiger partial charge in [0.1, 0.15) is 5.75 Å². The third kappa shape index (κ3) is 3.94. The second-order valence-electron chi connectivity index (χ2n) is 7.11. The van der Waals surface area contributed by atoms with Crippen molar-refractivity contribution in [2.75, 3.05) is 31.5 Å². The second-order valence-corrected chi connectivity index (χ2v) is 9.96. The molecule has 2 heterocycles. The summed E-state index contributed by atoms with van der Waals surface area (Å²) in [6, 6.07) is 11.5. The van der Waals surface area contributed by atoms with E-state index in [4.69, 9.17) is 4.74 Å². The molecule has 1 atom stereocenters. The lowest BCUT2D eigenvalue weighted by molar-refractivity contribution is -0.122. The van der Waals surface area contributed by atoms with Gasteiger partial charge in [-0.1, -0.05) is 15.9 Å². The van der Waals surface area contributed by atoms with E-state index in [2.05, 4.69) is 21.2 Å². The molecule has 158 valence electrons. The van der Waals surface area contributed by atoms with Crippen molar-refractivity contribution in [1.29, 1.82) is 0 Å². The van der Waals surface area contributed by atoms with E-state index < -0.39 is 16.1 Å². The highest BCUT2D eigenvalue weighted by Gasteiger charge is 2.32. The largest absolute Gasteiger partial charge is 0.479 e. The molecule has 0 aliphatic carbocycles. The third-order valence-corrected chi connectivity index (χ3v) is 7.56. The van der Waals surface area contributed by atoms with Gasteiger partial charge in [0.15, 0.2) is 6.10 Å². The number of fused-ring (bicyclic) bond motifs is 1. The molecule has 2 aromatic carbocycles. The Morgan fingerprint density at radius 3 is 2.43 bits per heavy atom. The average molecular weight is 494 g/mol. The fraction of sp³-hybridized carbons (Fsp3) is 0.300. The number of ether oxygens (including phenoxy) is 1. The standard InChI is InChI=1S/C20H20BrN3O5S/c1-13-19(25)22-17-12-16(6-7-18(17)29-13)30(27,28)24-10-8-23(9-11-24)20(26)14-2-4-15(21)5-3-14/h2-7,12-13H,8-11H2,1H3,(H,22,25)/t13-/m0/s1. The number of carbonyl (C=O) groups excluding carboxylic acids is 2. The minimum Gasteiger partial charge on any atom is -0.479 e. The van der Waals surface area contributed by atoms with Gasteiger partial charge in [-0.2, -0.15) is 4.31 Å². The molecule has 0 spiro atoms. The first-order valence-electron chi connectivity index (χ1n) is 9.42. The van der Waals surface area contributed by atoms with Crippen LogP contribution in [0.1, 0.15) is 17.3 Å². The summed E-state index contributed by atoms with van der Waals surface area (Å²) >= 11 is 3.34. The van der Waals surface area contributed by atoms with Crippen LogP contribution in [0.3, 0.4) is 0 Å².